The first-order valence-corrected chi connectivity index (χ1v) is 5.51. The second-order valence-electron chi connectivity index (χ2n) is 5.26. The molecular formula is C11H21NO. The van der Waals surface area contributed by atoms with E-state index in [2.05, 4.69) is 12.2 Å². The fraction of sp³-hybridized carbons (Fsp3) is 1.00. The predicted octanol–water partition coefficient (Wildman–Crippen LogP) is 1.54. The molecule has 0 saturated heterocycles. The van der Waals surface area contributed by atoms with Crippen molar-refractivity contribution in [3.8, 4) is 0 Å². The molecule has 76 valence electrons. The Hall–Kier alpha value is -0.0800. The van der Waals surface area contributed by atoms with Crippen molar-refractivity contribution in [2.24, 2.45) is 11.8 Å². The zero-order valence-corrected chi connectivity index (χ0v) is 8.71. The molecule has 2 rings (SSSR count). The topological polar surface area (TPSA) is 32.3 Å². The van der Waals surface area contributed by atoms with Gasteiger partial charge in [0.15, 0.2) is 0 Å². The molecule has 2 aliphatic carbocycles. The van der Waals surface area contributed by atoms with Crippen molar-refractivity contribution in [2.45, 2.75) is 50.7 Å². The molecule has 0 radical (unpaired) electrons. The molecule has 0 aromatic carbocycles. The Bertz CT molecular complexity index is 191. The van der Waals surface area contributed by atoms with Crippen LogP contribution < -0.4 is 5.32 Å². The Morgan fingerprint density at radius 1 is 1.23 bits per heavy atom. The van der Waals surface area contributed by atoms with E-state index in [1.165, 1.54) is 12.8 Å². The van der Waals surface area contributed by atoms with E-state index in [0.29, 0.717) is 6.04 Å². The van der Waals surface area contributed by atoms with Crippen LogP contribution in [0.1, 0.15) is 39.0 Å². The van der Waals surface area contributed by atoms with Crippen LogP contribution in [0.3, 0.4) is 0 Å². The first-order valence-electron chi connectivity index (χ1n) is 5.51. The molecule has 0 aromatic heterocycles. The highest BCUT2D eigenvalue weighted by Crippen LogP contribution is 2.44. The fourth-order valence-corrected chi connectivity index (χ4v) is 3.52. The lowest BCUT2D eigenvalue weighted by molar-refractivity contribution is -0.0734. The van der Waals surface area contributed by atoms with Gasteiger partial charge in [0.2, 0.25) is 0 Å². The van der Waals surface area contributed by atoms with Gasteiger partial charge in [0.1, 0.15) is 0 Å². The summed E-state index contributed by atoms with van der Waals surface area (Å²) in [6.45, 7) is 2.27. The Balaban J connectivity index is 2.08. The molecule has 2 heteroatoms. The first-order chi connectivity index (χ1) is 6.11. The minimum atomic E-state index is -0.339. The van der Waals surface area contributed by atoms with Crippen molar-refractivity contribution >= 4 is 0 Å². The lowest BCUT2D eigenvalue weighted by Gasteiger charge is -2.47. The molecule has 13 heavy (non-hydrogen) atoms. The summed E-state index contributed by atoms with van der Waals surface area (Å²) >= 11 is 0. The maximum Gasteiger partial charge on any atom is 0.0667 e. The Morgan fingerprint density at radius 3 is 2.62 bits per heavy atom. The number of hydrogen-bond donors (Lipinski definition) is 2. The van der Waals surface area contributed by atoms with Crippen LogP contribution in [0.5, 0.6) is 0 Å². The predicted molar refractivity (Wildman–Crippen MR) is 53.5 cm³/mol. The molecule has 2 nitrogen and oxygen atoms in total. The van der Waals surface area contributed by atoms with E-state index in [1.54, 1.807) is 0 Å². The summed E-state index contributed by atoms with van der Waals surface area (Å²) in [4.78, 5) is 0. The number of fused-ring (bicyclic) bond motifs is 2. The SMILES string of the molecule is CNC1C[C@H]2C[C@@H](C)C[C@@](O)(C1)C2. The molecule has 0 aliphatic heterocycles. The van der Waals surface area contributed by atoms with E-state index in [1.807, 2.05) is 7.05 Å². The van der Waals surface area contributed by atoms with Gasteiger partial charge in [0.25, 0.3) is 0 Å². The number of nitrogens with one attached hydrogen (secondary N) is 1. The van der Waals surface area contributed by atoms with Crippen LogP contribution in [-0.2, 0) is 0 Å². The van der Waals surface area contributed by atoms with Crippen molar-refractivity contribution in [1.82, 2.24) is 5.32 Å². The van der Waals surface area contributed by atoms with Gasteiger partial charge < -0.3 is 10.4 Å². The van der Waals surface area contributed by atoms with Crippen LogP contribution >= 0.6 is 0 Å². The van der Waals surface area contributed by atoms with Crippen molar-refractivity contribution in [3.05, 3.63) is 0 Å². The minimum absolute atomic E-state index is 0.339. The summed E-state index contributed by atoms with van der Waals surface area (Å²) in [7, 11) is 2.01. The van der Waals surface area contributed by atoms with E-state index in [9.17, 15) is 5.11 Å². The van der Waals surface area contributed by atoms with Crippen molar-refractivity contribution in [3.63, 3.8) is 0 Å². The van der Waals surface area contributed by atoms with Crippen LogP contribution in [0.15, 0.2) is 0 Å². The van der Waals surface area contributed by atoms with Crippen LogP contribution in [0.4, 0.5) is 0 Å². The molecule has 2 aliphatic rings. The van der Waals surface area contributed by atoms with Crippen molar-refractivity contribution < 1.29 is 5.11 Å². The average Bonchev–Trinajstić information content (AvgIpc) is 1.99. The second kappa shape index (κ2) is 3.25. The molecular weight excluding hydrogens is 162 g/mol. The van der Waals surface area contributed by atoms with Crippen molar-refractivity contribution in [2.75, 3.05) is 7.05 Å². The van der Waals surface area contributed by atoms with E-state index in [0.717, 1.165) is 31.1 Å². The van der Waals surface area contributed by atoms with E-state index >= 15 is 0 Å². The average molecular weight is 183 g/mol. The fourth-order valence-electron chi connectivity index (χ4n) is 3.52. The smallest absolute Gasteiger partial charge is 0.0667 e. The monoisotopic (exact) mass is 183 g/mol. The third kappa shape index (κ3) is 1.89. The summed E-state index contributed by atoms with van der Waals surface area (Å²) in [6.07, 6.45) is 5.62. The van der Waals surface area contributed by atoms with Gasteiger partial charge in [-0.1, -0.05) is 6.92 Å². The van der Waals surface area contributed by atoms with Gasteiger partial charge >= 0.3 is 0 Å². The van der Waals surface area contributed by atoms with Gasteiger partial charge in [-0.05, 0) is 51.0 Å². The normalized spacial score (nSPS) is 50.5. The molecule has 0 spiro atoms. The number of rotatable bonds is 1. The maximum absolute atomic E-state index is 10.3. The summed E-state index contributed by atoms with van der Waals surface area (Å²) in [6, 6.07) is 0.552. The molecule has 2 fully saturated rings. The summed E-state index contributed by atoms with van der Waals surface area (Å²) < 4.78 is 0. The van der Waals surface area contributed by atoms with Gasteiger partial charge in [0.05, 0.1) is 5.60 Å². The molecule has 0 amide bonds. The lowest BCUT2D eigenvalue weighted by atomic mass is 9.64. The third-order valence-corrected chi connectivity index (χ3v) is 3.79. The van der Waals surface area contributed by atoms with E-state index in [4.69, 9.17) is 0 Å². The van der Waals surface area contributed by atoms with Gasteiger partial charge in [-0.2, -0.15) is 0 Å². The van der Waals surface area contributed by atoms with Gasteiger partial charge in [-0.3, -0.25) is 0 Å². The van der Waals surface area contributed by atoms with Gasteiger partial charge in [-0.15, -0.1) is 0 Å². The highest BCUT2D eigenvalue weighted by atomic mass is 16.3. The van der Waals surface area contributed by atoms with E-state index < -0.39 is 0 Å². The summed E-state index contributed by atoms with van der Waals surface area (Å²) in [5.74, 6) is 1.49. The zero-order chi connectivity index (χ0) is 9.47. The number of hydrogen-bond acceptors (Lipinski definition) is 2. The Morgan fingerprint density at radius 2 is 2.00 bits per heavy atom. The third-order valence-electron chi connectivity index (χ3n) is 3.79. The molecule has 0 heterocycles. The van der Waals surface area contributed by atoms with E-state index in [-0.39, 0.29) is 5.60 Å². The maximum atomic E-state index is 10.3. The standard InChI is InChI=1S/C11H21NO/c1-8-3-9-4-10(12-2)7-11(13,5-8)6-9/h8-10,12-13H,3-7H2,1-2H3/t8-,9-,10?,11+/m1/s1. The van der Waals surface area contributed by atoms with Crippen LogP contribution in [0.25, 0.3) is 0 Å². The molecule has 4 atom stereocenters. The summed E-state index contributed by atoms with van der Waals surface area (Å²) in [5, 5.41) is 13.6. The summed E-state index contributed by atoms with van der Waals surface area (Å²) in [5.41, 5.74) is -0.339. The van der Waals surface area contributed by atoms with Crippen LogP contribution in [-0.4, -0.2) is 23.8 Å². The van der Waals surface area contributed by atoms with Crippen LogP contribution in [0, 0.1) is 11.8 Å². The van der Waals surface area contributed by atoms with Crippen molar-refractivity contribution in [1.29, 1.82) is 0 Å². The largest absolute Gasteiger partial charge is 0.390 e. The second-order valence-corrected chi connectivity index (χ2v) is 5.26. The number of aliphatic hydroxyl groups is 1. The quantitative estimate of drug-likeness (QED) is 0.646. The molecule has 0 aromatic rings. The zero-order valence-electron chi connectivity index (χ0n) is 8.71. The lowest BCUT2D eigenvalue weighted by Crippen LogP contribution is -2.49. The highest BCUT2D eigenvalue weighted by molar-refractivity contribution is 4.97. The molecule has 2 saturated carbocycles. The molecule has 2 N–H and O–H groups in total. The molecule has 1 unspecified atom stereocenters. The van der Waals surface area contributed by atoms with Gasteiger partial charge in [-0.25, -0.2) is 0 Å². The highest BCUT2D eigenvalue weighted by Gasteiger charge is 2.43. The minimum Gasteiger partial charge on any atom is -0.390 e. The van der Waals surface area contributed by atoms with Crippen LogP contribution in [0.2, 0.25) is 0 Å². The molecule has 2 bridgehead atoms. The first kappa shape index (κ1) is 9.47. The van der Waals surface area contributed by atoms with Gasteiger partial charge in [0, 0.05) is 6.04 Å². The Kier molecular flexibility index (Phi) is 2.37. The Labute approximate surface area is 80.7 Å².